The van der Waals surface area contributed by atoms with Crippen LogP contribution in [0.5, 0.6) is 0 Å². The van der Waals surface area contributed by atoms with Gasteiger partial charge in [-0.2, -0.15) is 0 Å². The molecule has 3 atom stereocenters. The Morgan fingerprint density at radius 3 is 2.70 bits per heavy atom. The Morgan fingerprint density at radius 2 is 2.04 bits per heavy atom. The second-order valence-electron chi connectivity index (χ2n) is 6.80. The van der Waals surface area contributed by atoms with Gasteiger partial charge in [0.25, 0.3) is 5.91 Å². The molecule has 1 N–H and O–H groups in total. The van der Waals surface area contributed by atoms with Gasteiger partial charge >= 0.3 is 0 Å². The van der Waals surface area contributed by atoms with Gasteiger partial charge in [0.2, 0.25) is 0 Å². The Balaban J connectivity index is 1.84. The van der Waals surface area contributed by atoms with Crippen molar-refractivity contribution in [3.05, 3.63) is 46.6 Å². The van der Waals surface area contributed by atoms with Crippen molar-refractivity contribution in [1.82, 2.24) is 4.90 Å². The van der Waals surface area contributed by atoms with Crippen LogP contribution in [0.2, 0.25) is 5.02 Å². The van der Waals surface area contributed by atoms with Gasteiger partial charge in [-0.25, -0.2) is 0 Å². The maximum absolute atomic E-state index is 13.0. The van der Waals surface area contributed by atoms with E-state index in [0.29, 0.717) is 17.1 Å². The van der Waals surface area contributed by atoms with Gasteiger partial charge in [0.05, 0.1) is 13.1 Å². The van der Waals surface area contributed by atoms with Crippen LogP contribution < -0.4 is 4.90 Å². The molecule has 0 aromatic heterocycles. The molecule has 3 nitrogen and oxygen atoms in total. The Morgan fingerprint density at radius 1 is 1.30 bits per heavy atom. The maximum Gasteiger partial charge on any atom is 0.258 e. The van der Waals surface area contributed by atoms with Crippen molar-refractivity contribution in [2.45, 2.75) is 51.1 Å². The SMILES string of the molecule is CCCCN(C(=O)c1ccc(Cl)cc1)C1=C[C@H]2CC[C@@H](C1)[NH+]2C. The number of benzene rings is 1. The Bertz CT molecular complexity index is 596. The predicted octanol–water partition coefficient (Wildman–Crippen LogP) is 2.92. The summed E-state index contributed by atoms with van der Waals surface area (Å²) in [4.78, 5) is 16.6. The number of nitrogens with zero attached hydrogens (tertiary/aromatic N) is 1. The molecular weight excluding hydrogens is 308 g/mol. The third-order valence-corrected chi connectivity index (χ3v) is 5.57. The molecule has 1 unspecified atom stereocenters. The highest BCUT2D eigenvalue weighted by Crippen LogP contribution is 2.26. The van der Waals surface area contributed by atoms with Crippen LogP contribution in [-0.2, 0) is 0 Å². The number of rotatable bonds is 5. The number of hydrogen-bond acceptors (Lipinski definition) is 1. The summed E-state index contributed by atoms with van der Waals surface area (Å²) in [6.07, 6.45) is 8.02. The summed E-state index contributed by atoms with van der Waals surface area (Å²) in [6, 6.07) is 8.50. The number of quaternary nitrogens is 1. The van der Waals surface area contributed by atoms with Crippen molar-refractivity contribution in [3.8, 4) is 0 Å². The van der Waals surface area contributed by atoms with Crippen molar-refractivity contribution in [3.63, 3.8) is 0 Å². The van der Waals surface area contributed by atoms with Gasteiger partial charge in [-0.15, -0.1) is 0 Å². The summed E-state index contributed by atoms with van der Waals surface area (Å²) in [5, 5.41) is 0.668. The van der Waals surface area contributed by atoms with Crippen LogP contribution >= 0.6 is 11.6 Å². The summed E-state index contributed by atoms with van der Waals surface area (Å²) >= 11 is 5.95. The van der Waals surface area contributed by atoms with Crippen molar-refractivity contribution in [2.75, 3.05) is 13.6 Å². The van der Waals surface area contributed by atoms with E-state index in [1.54, 1.807) is 17.0 Å². The maximum atomic E-state index is 13.0. The van der Waals surface area contributed by atoms with E-state index in [1.165, 1.54) is 18.5 Å². The first-order valence-electron chi connectivity index (χ1n) is 8.71. The van der Waals surface area contributed by atoms with E-state index in [2.05, 4.69) is 20.0 Å². The molecule has 2 heterocycles. The summed E-state index contributed by atoms with van der Waals surface area (Å²) < 4.78 is 0. The fraction of sp³-hybridized carbons (Fsp3) is 0.526. The van der Waals surface area contributed by atoms with Crippen molar-refractivity contribution < 1.29 is 9.69 Å². The Hall–Kier alpha value is -1.32. The number of fused-ring (bicyclic) bond motifs is 2. The lowest BCUT2D eigenvalue weighted by atomic mass is 10.0. The van der Waals surface area contributed by atoms with Crippen molar-refractivity contribution in [2.24, 2.45) is 0 Å². The van der Waals surface area contributed by atoms with Crippen LogP contribution in [0.25, 0.3) is 0 Å². The normalized spacial score (nSPS) is 26.0. The second kappa shape index (κ2) is 7.06. The van der Waals surface area contributed by atoms with Crippen LogP contribution in [0.15, 0.2) is 36.0 Å². The van der Waals surface area contributed by atoms with Gasteiger partial charge in [-0.05, 0) is 36.8 Å². The van der Waals surface area contributed by atoms with Crippen molar-refractivity contribution in [1.29, 1.82) is 0 Å². The average molecular weight is 334 g/mol. The van der Waals surface area contributed by atoms with Crippen LogP contribution in [-0.4, -0.2) is 36.5 Å². The molecule has 2 bridgehead atoms. The summed E-state index contributed by atoms with van der Waals surface area (Å²) in [5.74, 6) is 0.111. The van der Waals surface area contributed by atoms with Gasteiger partial charge in [-0.1, -0.05) is 24.9 Å². The molecule has 2 aliphatic rings. The minimum Gasteiger partial charge on any atom is -0.329 e. The lowest BCUT2D eigenvalue weighted by Gasteiger charge is -2.33. The fourth-order valence-electron chi connectivity index (χ4n) is 3.81. The molecule has 0 aliphatic carbocycles. The zero-order chi connectivity index (χ0) is 16.4. The van der Waals surface area contributed by atoms with E-state index in [9.17, 15) is 4.79 Å². The number of likely N-dealkylation sites (N-methyl/N-ethyl adjacent to an activating group) is 1. The minimum atomic E-state index is 0.111. The van der Waals surface area contributed by atoms with Crippen LogP contribution in [0.3, 0.4) is 0 Å². The summed E-state index contributed by atoms with van der Waals surface area (Å²) in [5.41, 5.74) is 1.96. The minimum absolute atomic E-state index is 0.111. The number of amides is 1. The molecule has 3 rings (SSSR count). The predicted molar refractivity (Wildman–Crippen MR) is 93.8 cm³/mol. The topological polar surface area (TPSA) is 24.8 Å². The number of carbonyl (C=O) groups is 1. The number of unbranched alkanes of at least 4 members (excludes halogenated alkanes) is 1. The fourth-order valence-corrected chi connectivity index (χ4v) is 3.94. The third-order valence-electron chi connectivity index (χ3n) is 5.32. The largest absolute Gasteiger partial charge is 0.329 e. The molecular formula is C19H26ClN2O+. The molecule has 1 aromatic carbocycles. The van der Waals surface area contributed by atoms with E-state index in [1.807, 2.05) is 17.0 Å². The van der Waals surface area contributed by atoms with Gasteiger partial charge in [0.1, 0.15) is 6.04 Å². The van der Waals surface area contributed by atoms with E-state index >= 15 is 0 Å². The van der Waals surface area contributed by atoms with Gasteiger partial charge in [0.15, 0.2) is 0 Å². The number of hydrogen-bond donors (Lipinski definition) is 1. The van der Waals surface area contributed by atoms with E-state index in [4.69, 9.17) is 11.6 Å². The highest BCUT2D eigenvalue weighted by Gasteiger charge is 2.39. The highest BCUT2D eigenvalue weighted by atomic mass is 35.5. The lowest BCUT2D eigenvalue weighted by Crippen LogP contribution is -3.14. The first-order valence-corrected chi connectivity index (χ1v) is 9.09. The van der Waals surface area contributed by atoms with E-state index in [0.717, 1.165) is 31.4 Å². The van der Waals surface area contributed by atoms with E-state index < -0.39 is 0 Å². The molecule has 0 spiro atoms. The van der Waals surface area contributed by atoms with Crippen LogP contribution in [0.4, 0.5) is 0 Å². The average Bonchev–Trinajstić information content (AvgIpc) is 2.76. The molecule has 1 aromatic rings. The standard InChI is InChI=1S/C19H25ClN2O/c1-3-4-11-22(19(23)14-5-7-15(20)8-6-14)18-12-16-9-10-17(13-18)21(16)2/h5-8,12,16-17H,3-4,9-11,13H2,1-2H3/p+1/t16-,17+/m1/s1. The number of nitrogens with one attached hydrogen (secondary N) is 1. The third kappa shape index (κ3) is 3.46. The van der Waals surface area contributed by atoms with Gasteiger partial charge in [0, 0.05) is 42.1 Å². The zero-order valence-corrected chi connectivity index (χ0v) is 14.8. The number of halogens is 1. The second-order valence-corrected chi connectivity index (χ2v) is 7.24. The van der Waals surface area contributed by atoms with Crippen LogP contribution in [0, 0.1) is 0 Å². The molecule has 4 heteroatoms. The summed E-state index contributed by atoms with van der Waals surface area (Å²) in [6.45, 7) is 2.98. The first kappa shape index (κ1) is 16.5. The quantitative estimate of drug-likeness (QED) is 0.880. The molecule has 0 saturated carbocycles. The first-order chi connectivity index (χ1) is 11.1. The molecule has 1 saturated heterocycles. The van der Waals surface area contributed by atoms with Crippen LogP contribution in [0.1, 0.15) is 49.4 Å². The molecule has 23 heavy (non-hydrogen) atoms. The number of carbonyl (C=O) groups excluding carboxylic acids is 1. The molecule has 2 aliphatic heterocycles. The molecule has 1 fully saturated rings. The molecule has 0 radical (unpaired) electrons. The van der Waals surface area contributed by atoms with E-state index in [-0.39, 0.29) is 5.91 Å². The molecule has 1 amide bonds. The summed E-state index contributed by atoms with van der Waals surface area (Å²) in [7, 11) is 2.28. The lowest BCUT2D eigenvalue weighted by molar-refractivity contribution is -0.912. The van der Waals surface area contributed by atoms with Gasteiger partial charge < -0.3 is 9.80 Å². The Kier molecular flexibility index (Phi) is 5.08. The molecule has 124 valence electrons. The smallest absolute Gasteiger partial charge is 0.258 e. The Labute approximate surface area is 143 Å². The van der Waals surface area contributed by atoms with Crippen molar-refractivity contribution >= 4 is 17.5 Å². The monoisotopic (exact) mass is 333 g/mol. The zero-order valence-electron chi connectivity index (χ0n) is 14.0. The van der Waals surface area contributed by atoms with Gasteiger partial charge in [-0.3, -0.25) is 4.79 Å². The highest BCUT2D eigenvalue weighted by molar-refractivity contribution is 6.30.